The number of hydrogen-bond acceptors (Lipinski definition) is 6. The van der Waals surface area contributed by atoms with Crippen LogP contribution in [0.5, 0.6) is 0 Å². The molecule has 4 rings (SSSR count). The van der Waals surface area contributed by atoms with Crippen molar-refractivity contribution in [2.24, 2.45) is 5.92 Å². The fourth-order valence-electron chi connectivity index (χ4n) is 3.31. The summed E-state index contributed by atoms with van der Waals surface area (Å²) in [7, 11) is 0. The highest BCUT2D eigenvalue weighted by atomic mass is 16.3. The second-order valence-corrected chi connectivity index (χ2v) is 6.63. The number of aliphatic hydroxyl groups is 1. The number of carbonyl (C=O) groups is 1. The van der Waals surface area contributed by atoms with Crippen molar-refractivity contribution in [2.75, 3.05) is 13.1 Å². The van der Waals surface area contributed by atoms with Crippen LogP contribution in [0.15, 0.2) is 61.4 Å². The maximum Gasteiger partial charge on any atom is 0.257 e. The molecule has 0 aliphatic carbocycles. The van der Waals surface area contributed by atoms with Gasteiger partial charge >= 0.3 is 0 Å². The maximum absolute atomic E-state index is 12.8. The number of aromatic nitrogens is 4. The number of aliphatic hydroxyl groups excluding tert-OH is 1. The molecule has 0 bridgehead atoms. The molecule has 27 heavy (non-hydrogen) atoms. The number of carbonyl (C=O) groups excluding carboxylic acids is 1. The standard InChI is InChI=1S/C20H19N5O2/c26-18-13-25(12-16(18)9-14-1-5-21-6-2-14)20(27)17-10-23-19(24-11-17)15-3-7-22-8-4-15/h1-8,10-11,16,18,26H,9,12-13H2/t16-,18-/m1/s1. The van der Waals surface area contributed by atoms with Crippen molar-refractivity contribution in [1.29, 1.82) is 0 Å². The Bertz CT molecular complexity index is 903. The van der Waals surface area contributed by atoms with Gasteiger partial charge in [-0.2, -0.15) is 0 Å². The van der Waals surface area contributed by atoms with Crippen molar-refractivity contribution in [1.82, 2.24) is 24.8 Å². The molecule has 0 aromatic carbocycles. The van der Waals surface area contributed by atoms with Gasteiger partial charge in [-0.05, 0) is 36.2 Å². The number of nitrogens with zero attached hydrogens (tertiary/aromatic N) is 5. The van der Waals surface area contributed by atoms with Gasteiger partial charge in [0.25, 0.3) is 5.91 Å². The average Bonchev–Trinajstić information content (AvgIpc) is 3.09. The van der Waals surface area contributed by atoms with E-state index in [1.54, 1.807) is 29.7 Å². The number of pyridine rings is 2. The summed E-state index contributed by atoms with van der Waals surface area (Å²) in [5.41, 5.74) is 2.37. The number of β-amino-alcohol motifs (C(OH)–C–C–N with tert-alkyl or cyclic N) is 1. The number of likely N-dealkylation sites (tertiary alicyclic amines) is 1. The van der Waals surface area contributed by atoms with E-state index in [-0.39, 0.29) is 11.8 Å². The van der Waals surface area contributed by atoms with Crippen LogP contribution < -0.4 is 0 Å². The fourth-order valence-corrected chi connectivity index (χ4v) is 3.31. The second kappa shape index (κ2) is 7.59. The molecule has 3 aromatic rings. The van der Waals surface area contributed by atoms with Crippen LogP contribution in [0.2, 0.25) is 0 Å². The summed E-state index contributed by atoms with van der Waals surface area (Å²) in [4.78, 5) is 31.0. The Hall–Kier alpha value is -3.19. The quantitative estimate of drug-likeness (QED) is 0.759. The van der Waals surface area contributed by atoms with Crippen LogP contribution in [0.1, 0.15) is 15.9 Å². The molecule has 0 saturated carbocycles. The average molecular weight is 361 g/mol. The van der Waals surface area contributed by atoms with E-state index in [4.69, 9.17) is 0 Å². The molecule has 3 aromatic heterocycles. The Morgan fingerprint density at radius 3 is 2.30 bits per heavy atom. The lowest BCUT2D eigenvalue weighted by Crippen LogP contribution is -2.29. The summed E-state index contributed by atoms with van der Waals surface area (Å²) in [6.45, 7) is 0.828. The van der Waals surface area contributed by atoms with Gasteiger partial charge in [-0.15, -0.1) is 0 Å². The first kappa shape index (κ1) is 17.2. The van der Waals surface area contributed by atoms with E-state index >= 15 is 0 Å². The lowest BCUT2D eigenvalue weighted by molar-refractivity contribution is 0.0764. The third kappa shape index (κ3) is 3.83. The van der Waals surface area contributed by atoms with Crippen molar-refractivity contribution in [2.45, 2.75) is 12.5 Å². The van der Waals surface area contributed by atoms with Crippen molar-refractivity contribution >= 4 is 5.91 Å². The van der Waals surface area contributed by atoms with Gasteiger partial charge in [-0.1, -0.05) is 0 Å². The molecule has 1 saturated heterocycles. The van der Waals surface area contributed by atoms with E-state index in [1.807, 2.05) is 24.3 Å². The molecule has 0 radical (unpaired) electrons. The topological polar surface area (TPSA) is 92.1 Å². The summed E-state index contributed by atoms with van der Waals surface area (Å²) in [6, 6.07) is 7.50. The molecule has 7 nitrogen and oxygen atoms in total. The minimum Gasteiger partial charge on any atom is -0.391 e. The second-order valence-electron chi connectivity index (χ2n) is 6.63. The molecule has 0 unspecified atom stereocenters. The highest BCUT2D eigenvalue weighted by Gasteiger charge is 2.34. The fraction of sp³-hybridized carbons (Fsp3) is 0.250. The Kier molecular flexibility index (Phi) is 4.84. The van der Waals surface area contributed by atoms with Gasteiger partial charge in [0.2, 0.25) is 0 Å². The first-order valence-electron chi connectivity index (χ1n) is 8.79. The van der Waals surface area contributed by atoms with Crippen LogP contribution in [-0.2, 0) is 6.42 Å². The van der Waals surface area contributed by atoms with Gasteiger partial charge in [0.1, 0.15) is 0 Å². The Labute approximate surface area is 156 Å². The van der Waals surface area contributed by atoms with Crippen LogP contribution in [0.3, 0.4) is 0 Å². The van der Waals surface area contributed by atoms with Gasteiger partial charge in [0, 0.05) is 61.8 Å². The normalized spacial score (nSPS) is 19.2. The molecule has 136 valence electrons. The Morgan fingerprint density at radius 1 is 1.00 bits per heavy atom. The predicted octanol–water partition coefficient (Wildman–Crippen LogP) is 1.61. The SMILES string of the molecule is O=C(c1cnc(-c2ccncc2)nc1)N1C[C@@H](Cc2ccncc2)[C@H](O)C1. The van der Waals surface area contributed by atoms with Crippen LogP contribution in [0.25, 0.3) is 11.4 Å². The first-order chi connectivity index (χ1) is 13.2. The highest BCUT2D eigenvalue weighted by molar-refractivity contribution is 5.94. The van der Waals surface area contributed by atoms with E-state index in [0.717, 1.165) is 11.1 Å². The number of hydrogen-bond donors (Lipinski definition) is 1. The largest absolute Gasteiger partial charge is 0.391 e. The van der Waals surface area contributed by atoms with E-state index in [0.29, 0.717) is 30.9 Å². The first-order valence-corrected chi connectivity index (χ1v) is 8.79. The Balaban J connectivity index is 1.44. The van der Waals surface area contributed by atoms with E-state index in [9.17, 15) is 9.90 Å². The van der Waals surface area contributed by atoms with E-state index < -0.39 is 6.10 Å². The van der Waals surface area contributed by atoms with Gasteiger partial charge < -0.3 is 10.0 Å². The molecule has 0 spiro atoms. The molecular formula is C20H19N5O2. The summed E-state index contributed by atoms with van der Waals surface area (Å²) in [5, 5.41) is 10.4. The molecule has 2 atom stereocenters. The third-order valence-electron chi connectivity index (χ3n) is 4.78. The number of rotatable bonds is 4. The molecule has 1 aliphatic rings. The van der Waals surface area contributed by atoms with Crippen molar-refractivity contribution in [3.05, 3.63) is 72.6 Å². The van der Waals surface area contributed by atoms with Crippen molar-refractivity contribution in [3.8, 4) is 11.4 Å². The molecule has 1 amide bonds. The molecule has 1 N–H and O–H groups in total. The number of amides is 1. The van der Waals surface area contributed by atoms with Gasteiger partial charge in [-0.25, -0.2) is 9.97 Å². The lowest BCUT2D eigenvalue weighted by Gasteiger charge is -2.16. The minimum atomic E-state index is -0.542. The molecule has 7 heteroatoms. The van der Waals surface area contributed by atoms with Crippen molar-refractivity contribution < 1.29 is 9.90 Å². The zero-order valence-corrected chi connectivity index (χ0v) is 14.6. The Morgan fingerprint density at radius 2 is 1.63 bits per heavy atom. The third-order valence-corrected chi connectivity index (χ3v) is 4.78. The van der Waals surface area contributed by atoms with Crippen LogP contribution in [0.4, 0.5) is 0 Å². The summed E-state index contributed by atoms with van der Waals surface area (Å²) < 4.78 is 0. The molecule has 4 heterocycles. The molecule has 1 aliphatic heterocycles. The monoisotopic (exact) mass is 361 g/mol. The zero-order valence-electron chi connectivity index (χ0n) is 14.6. The van der Waals surface area contributed by atoms with E-state index in [2.05, 4.69) is 19.9 Å². The summed E-state index contributed by atoms with van der Waals surface area (Å²) in [6.07, 6.45) is 10.1. The highest BCUT2D eigenvalue weighted by Crippen LogP contribution is 2.23. The zero-order chi connectivity index (χ0) is 18.6. The van der Waals surface area contributed by atoms with Crippen LogP contribution in [-0.4, -0.2) is 55.0 Å². The predicted molar refractivity (Wildman–Crippen MR) is 98.6 cm³/mol. The van der Waals surface area contributed by atoms with Gasteiger partial charge in [0.15, 0.2) is 5.82 Å². The minimum absolute atomic E-state index is 0.00774. The molecule has 1 fully saturated rings. The van der Waals surface area contributed by atoms with E-state index in [1.165, 1.54) is 12.4 Å². The lowest BCUT2D eigenvalue weighted by atomic mass is 9.97. The summed E-state index contributed by atoms with van der Waals surface area (Å²) in [5.74, 6) is 0.395. The van der Waals surface area contributed by atoms with Gasteiger partial charge in [0.05, 0.1) is 11.7 Å². The maximum atomic E-state index is 12.8. The van der Waals surface area contributed by atoms with Crippen LogP contribution >= 0.6 is 0 Å². The van der Waals surface area contributed by atoms with Gasteiger partial charge in [-0.3, -0.25) is 14.8 Å². The smallest absolute Gasteiger partial charge is 0.257 e. The van der Waals surface area contributed by atoms with Crippen molar-refractivity contribution in [3.63, 3.8) is 0 Å². The van der Waals surface area contributed by atoms with Crippen LogP contribution in [0, 0.1) is 5.92 Å². The summed E-state index contributed by atoms with van der Waals surface area (Å²) >= 11 is 0. The molecular weight excluding hydrogens is 342 g/mol.